The highest BCUT2D eigenvalue weighted by molar-refractivity contribution is 6.16. The average Bonchev–Trinajstić information content (AvgIpc) is 2.71. The number of carbonyl (C=O) groups is 2. The molecule has 0 saturated carbocycles. The van der Waals surface area contributed by atoms with E-state index in [0.29, 0.717) is 5.75 Å². The van der Waals surface area contributed by atoms with Gasteiger partial charge in [0, 0.05) is 12.0 Å². The first-order valence-corrected chi connectivity index (χ1v) is 5.65. The Morgan fingerprint density at radius 1 is 1.30 bits per heavy atom. The highest BCUT2D eigenvalue weighted by Gasteiger charge is 2.69. The Hall–Kier alpha value is -2.05. The summed E-state index contributed by atoms with van der Waals surface area (Å²) in [6, 6.07) is 3.93. The lowest BCUT2D eigenvalue weighted by molar-refractivity contribution is -0.215. The largest absolute Gasteiger partial charge is 0.497 e. The van der Waals surface area contributed by atoms with Crippen LogP contribution in [0, 0.1) is 5.41 Å². The molecule has 0 bridgehead atoms. The van der Waals surface area contributed by atoms with E-state index in [2.05, 4.69) is 4.74 Å². The molecule has 0 heterocycles. The summed E-state index contributed by atoms with van der Waals surface area (Å²) in [5, 5.41) is 0. The Morgan fingerprint density at radius 3 is 2.45 bits per heavy atom. The van der Waals surface area contributed by atoms with Crippen LogP contribution in [-0.4, -0.2) is 32.1 Å². The lowest BCUT2D eigenvalue weighted by atomic mass is 9.83. The number of hydrogen-bond acceptors (Lipinski definition) is 4. The monoisotopic (exact) mass is 288 g/mol. The van der Waals surface area contributed by atoms with Gasteiger partial charge in [0.05, 0.1) is 14.2 Å². The lowest BCUT2D eigenvalue weighted by Gasteiger charge is -2.26. The molecule has 0 saturated heterocycles. The van der Waals surface area contributed by atoms with Gasteiger partial charge < -0.3 is 9.47 Å². The molecule has 108 valence electrons. The van der Waals surface area contributed by atoms with Gasteiger partial charge in [0.15, 0.2) is 5.78 Å². The number of alkyl halides is 3. The Labute approximate surface area is 112 Å². The van der Waals surface area contributed by atoms with Gasteiger partial charge >= 0.3 is 12.1 Å². The zero-order valence-electron chi connectivity index (χ0n) is 10.7. The second-order valence-corrected chi connectivity index (χ2v) is 4.42. The molecule has 0 radical (unpaired) electrons. The van der Waals surface area contributed by atoms with Crippen LogP contribution in [0.25, 0.3) is 0 Å². The minimum atomic E-state index is -5.02. The number of methoxy groups -OCH3 is 2. The predicted octanol–water partition coefficient (Wildman–Crippen LogP) is 2.16. The molecule has 20 heavy (non-hydrogen) atoms. The molecule has 1 atom stereocenters. The third-order valence-corrected chi connectivity index (χ3v) is 3.42. The number of fused-ring (bicyclic) bond motifs is 1. The molecule has 0 spiro atoms. The van der Waals surface area contributed by atoms with Crippen molar-refractivity contribution in [2.24, 2.45) is 5.41 Å². The molecule has 0 N–H and O–H groups in total. The molecular weight excluding hydrogens is 277 g/mol. The molecular formula is C13H11F3O4. The van der Waals surface area contributed by atoms with Gasteiger partial charge in [-0.2, -0.15) is 13.2 Å². The van der Waals surface area contributed by atoms with Crippen molar-refractivity contribution in [1.82, 2.24) is 0 Å². The topological polar surface area (TPSA) is 52.6 Å². The molecule has 0 unspecified atom stereocenters. The van der Waals surface area contributed by atoms with Gasteiger partial charge in [-0.15, -0.1) is 0 Å². The number of carbonyl (C=O) groups excluding carboxylic acids is 2. The van der Waals surface area contributed by atoms with Gasteiger partial charge in [0.2, 0.25) is 5.41 Å². The van der Waals surface area contributed by atoms with Gasteiger partial charge in [0.1, 0.15) is 5.75 Å². The molecule has 2 rings (SSSR count). The van der Waals surface area contributed by atoms with Gasteiger partial charge in [-0.25, -0.2) is 0 Å². The summed E-state index contributed by atoms with van der Waals surface area (Å²) in [6.07, 6.45) is -5.79. The number of hydrogen-bond donors (Lipinski definition) is 0. The summed E-state index contributed by atoms with van der Waals surface area (Å²) in [5.41, 5.74) is -3.17. The van der Waals surface area contributed by atoms with Crippen LogP contribution in [0.5, 0.6) is 5.75 Å². The van der Waals surface area contributed by atoms with E-state index in [1.807, 2.05) is 0 Å². The number of rotatable bonds is 2. The third-order valence-electron chi connectivity index (χ3n) is 3.42. The van der Waals surface area contributed by atoms with Crippen molar-refractivity contribution in [2.45, 2.75) is 12.6 Å². The van der Waals surface area contributed by atoms with Crippen LogP contribution in [-0.2, 0) is 16.0 Å². The second-order valence-electron chi connectivity index (χ2n) is 4.42. The van der Waals surface area contributed by atoms with Crippen LogP contribution in [0.3, 0.4) is 0 Å². The zero-order chi connectivity index (χ0) is 15.1. The zero-order valence-corrected chi connectivity index (χ0v) is 10.7. The fourth-order valence-electron chi connectivity index (χ4n) is 2.34. The average molecular weight is 288 g/mol. The van der Waals surface area contributed by atoms with Crippen molar-refractivity contribution < 1.29 is 32.2 Å². The molecule has 1 aliphatic carbocycles. The van der Waals surface area contributed by atoms with Crippen LogP contribution in [0.2, 0.25) is 0 Å². The first-order valence-electron chi connectivity index (χ1n) is 5.65. The van der Waals surface area contributed by atoms with Crippen LogP contribution < -0.4 is 4.74 Å². The van der Waals surface area contributed by atoms with Crippen LogP contribution in [0.1, 0.15) is 15.9 Å². The number of halogens is 3. The highest BCUT2D eigenvalue weighted by Crippen LogP contribution is 2.49. The molecule has 0 fully saturated rings. The van der Waals surface area contributed by atoms with Crippen molar-refractivity contribution in [1.29, 1.82) is 0 Å². The summed E-state index contributed by atoms with van der Waals surface area (Å²) in [4.78, 5) is 23.7. The molecule has 1 aromatic rings. The van der Waals surface area contributed by atoms with Gasteiger partial charge in [-0.05, 0) is 23.8 Å². The number of benzene rings is 1. The molecule has 4 nitrogen and oxygen atoms in total. The third kappa shape index (κ3) is 1.76. The van der Waals surface area contributed by atoms with E-state index in [-0.39, 0.29) is 11.1 Å². The van der Waals surface area contributed by atoms with E-state index in [1.54, 1.807) is 0 Å². The number of esters is 1. The highest BCUT2D eigenvalue weighted by atomic mass is 19.4. The SMILES string of the molecule is COC(=O)[C@@]1(C(F)(F)F)Cc2cc(OC)ccc2C1=O. The second kappa shape index (κ2) is 4.50. The fourth-order valence-corrected chi connectivity index (χ4v) is 2.34. The summed E-state index contributed by atoms with van der Waals surface area (Å²) < 4.78 is 49.0. The van der Waals surface area contributed by atoms with Crippen molar-refractivity contribution in [3.05, 3.63) is 29.3 Å². The molecule has 0 amide bonds. The normalized spacial score (nSPS) is 21.6. The van der Waals surface area contributed by atoms with E-state index in [1.165, 1.54) is 25.3 Å². The minimum absolute atomic E-state index is 0.122. The number of ether oxygens (including phenoxy) is 2. The van der Waals surface area contributed by atoms with Gasteiger partial charge in [0.25, 0.3) is 0 Å². The standard InChI is InChI=1S/C13H11F3O4/c1-19-8-3-4-9-7(5-8)6-12(10(9)17,11(18)20-2)13(14,15)16/h3-5H,6H2,1-2H3/t12-/m1/s1. The molecule has 7 heteroatoms. The number of Topliss-reactive ketones (excluding diaryl/α,β-unsaturated/α-hetero) is 1. The first-order chi connectivity index (χ1) is 9.27. The van der Waals surface area contributed by atoms with Crippen molar-refractivity contribution in [3.63, 3.8) is 0 Å². The summed E-state index contributed by atoms with van der Waals surface area (Å²) in [7, 11) is 2.18. The van der Waals surface area contributed by atoms with Crippen molar-refractivity contribution >= 4 is 11.8 Å². The van der Waals surface area contributed by atoms with E-state index < -0.39 is 29.8 Å². The lowest BCUT2D eigenvalue weighted by Crippen LogP contribution is -2.50. The van der Waals surface area contributed by atoms with Crippen LogP contribution >= 0.6 is 0 Å². The maximum Gasteiger partial charge on any atom is 0.412 e. The summed E-state index contributed by atoms with van der Waals surface area (Å²) in [5.74, 6) is -2.56. The first kappa shape index (κ1) is 14.4. The predicted molar refractivity (Wildman–Crippen MR) is 61.5 cm³/mol. The summed E-state index contributed by atoms with van der Waals surface area (Å²) in [6.45, 7) is 0. The van der Waals surface area contributed by atoms with E-state index in [9.17, 15) is 22.8 Å². The van der Waals surface area contributed by atoms with Gasteiger partial charge in [-0.1, -0.05) is 0 Å². The van der Waals surface area contributed by atoms with E-state index >= 15 is 0 Å². The molecule has 1 aliphatic rings. The quantitative estimate of drug-likeness (QED) is 0.618. The number of ketones is 1. The smallest absolute Gasteiger partial charge is 0.412 e. The maximum atomic E-state index is 13.3. The Balaban J connectivity index is 2.60. The Kier molecular flexibility index (Phi) is 3.23. The maximum absolute atomic E-state index is 13.3. The van der Waals surface area contributed by atoms with Crippen LogP contribution in [0.15, 0.2) is 18.2 Å². The van der Waals surface area contributed by atoms with Gasteiger partial charge in [-0.3, -0.25) is 9.59 Å². The Bertz CT molecular complexity index is 579. The fraction of sp³-hybridized carbons (Fsp3) is 0.385. The molecule has 0 aliphatic heterocycles. The van der Waals surface area contributed by atoms with E-state index in [4.69, 9.17) is 4.74 Å². The molecule has 0 aromatic heterocycles. The van der Waals surface area contributed by atoms with Crippen molar-refractivity contribution in [3.8, 4) is 5.75 Å². The van der Waals surface area contributed by atoms with Crippen molar-refractivity contribution in [2.75, 3.05) is 14.2 Å². The Morgan fingerprint density at radius 2 is 1.95 bits per heavy atom. The summed E-state index contributed by atoms with van der Waals surface area (Å²) >= 11 is 0. The van der Waals surface area contributed by atoms with E-state index in [0.717, 1.165) is 7.11 Å². The molecule has 1 aromatic carbocycles. The van der Waals surface area contributed by atoms with Crippen LogP contribution in [0.4, 0.5) is 13.2 Å². The minimum Gasteiger partial charge on any atom is -0.497 e.